The molecule has 6 heteroatoms. The summed E-state index contributed by atoms with van der Waals surface area (Å²) in [6, 6.07) is 10.5. The van der Waals surface area contributed by atoms with E-state index in [1.165, 1.54) is 5.56 Å². The van der Waals surface area contributed by atoms with Crippen molar-refractivity contribution in [3.8, 4) is 0 Å². The summed E-state index contributed by atoms with van der Waals surface area (Å²) in [4.78, 5) is 5.45. The molecule has 2 rings (SSSR count). The first-order valence-electron chi connectivity index (χ1n) is 8.66. The molecule has 0 saturated carbocycles. The van der Waals surface area contributed by atoms with Gasteiger partial charge < -0.3 is 4.43 Å². The summed E-state index contributed by atoms with van der Waals surface area (Å²) in [5.41, 5.74) is 10.3. The van der Waals surface area contributed by atoms with Crippen molar-refractivity contribution in [1.82, 2.24) is 4.90 Å². The first-order valence-corrected chi connectivity index (χ1v) is 11.6. The SMILES string of the molecule is CC1[C@H](N=[N+]=[N-])[C@@H](O[Si](C)(C)C(C)(C)C)CN1Cc1ccccc1. The summed E-state index contributed by atoms with van der Waals surface area (Å²) >= 11 is 0. The van der Waals surface area contributed by atoms with Gasteiger partial charge in [-0.25, -0.2) is 0 Å². The standard InChI is InChI=1S/C18H30N4OSi/c1-14-17(20-21-19)16(23-24(5,6)18(2,3)4)13-22(14)12-15-10-8-7-9-11-15/h7-11,14,16-17H,12-13H2,1-6H3/t14?,16-,17-/m0/s1. The summed E-state index contributed by atoms with van der Waals surface area (Å²) in [6.45, 7) is 15.0. The zero-order chi connectivity index (χ0) is 18.0. The van der Waals surface area contributed by atoms with E-state index in [9.17, 15) is 0 Å². The third kappa shape index (κ3) is 4.19. The molecule has 1 aromatic carbocycles. The molecule has 1 fully saturated rings. The molecular formula is C18H30N4OSi. The van der Waals surface area contributed by atoms with Crippen LogP contribution < -0.4 is 0 Å². The van der Waals surface area contributed by atoms with Crippen LogP contribution >= 0.6 is 0 Å². The highest BCUT2D eigenvalue weighted by molar-refractivity contribution is 6.74. The molecular weight excluding hydrogens is 316 g/mol. The molecule has 0 amide bonds. The number of azide groups is 1. The highest BCUT2D eigenvalue weighted by Gasteiger charge is 2.45. The Labute approximate surface area is 146 Å². The Kier molecular flexibility index (Phi) is 5.76. The van der Waals surface area contributed by atoms with Crippen LogP contribution in [0.3, 0.4) is 0 Å². The van der Waals surface area contributed by atoms with E-state index in [2.05, 4.69) is 80.0 Å². The van der Waals surface area contributed by atoms with E-state index in [0.717, 1.165) is 13.1 Å². The zero-order valence-electron chi connectivity index (χ0n) is 15.7. The Morgan fingerprint density at radius 3 is 2.46 bits per heavy atom. The molecule has 24 heavy (non-hydrogen) atoms. The lowest BCUT2D eigenvalue weighted by Gasteiger charge is -2.39. The third-order valence-corrected chi connectivity index (χ3v) is 10.0. The highest BCUT2D eigenvalue weighted by atomic mass is 28.4. The highest BCUT2D eigenvalue weighted by Crippen LogP contribution is 2.39. The maximum absolute atomic E-state index is 8.99. The van der Waals surface area contributed by atoms with E-state index in [1.807, 2.05) is 6.07 Å². The smallest absolute Gasteiger partial charge is 0.192 e. The Morgan fingerprint density at radius 1 is 1.29 bits per heavy atom. The molecule has 1 aliphatic rings. The van der Waals surface area contributed by atoms with Gasteiger partial charge in [0, 0.05) is 24.0 Å². The fourth-order valence-electron chi connectivity index (χ4n) is 2.95. The van der Waals surface area contributed by atoms with Gasteiger partial charge in [0.15, 0.2) is 8.32 Å². The van der Waals surface area contributed by atoms with Crippen molar-refractivity contribution in [1.29, 1.82) is 0 Å². The molecule has 5 nitrogen and oxygen atoms in total. The van der Waals surface area contributed by atoms with E-state index in [4.69, 9.17) is 9.96 Å². The van der Waals surface area contributed by atoms with E-state index in [-0.39, 0.29) is 23.2 Å². The van der Waals surface area contributed by atoms with Crippen LogP contribution in [0.15, 0.2) is 35.4 Å². The van der Waals surface area contributed by atoms with Crippen molar-refractivity contribution in [2.45, 2.75) is 70.6 Å². The van der Waals surface area contributed by atoms with Crippen molar-refractivity contribution in [3.63, 3.8) is 0 Å². The molecule has 1 aliphatic heterocycles. The normalized spacial score (nSPS) is 25.5. The molecule has 0 N–H and O–H groups in total. The summed E-state index contributed by atoms with van der Waals surface area (Å²) in [5.74, 6) is 0. The Balaban J connectivity index is 2.17. The largest absolute Gasteiger partial charge is 0.412 e. The van der Waals surface area contributed by atoms with Crippen molar-refractivity contribution in [2.75, 3.05) is 6.54 Å². The van der Waals surface area contributed by atoms with Crippen LogP contribution in [0.25, 0.3) is 10.4 Å². The van der Waals surface area contributed by atoms with Gasteiger partial charge >= 0.3 is 0 Å². The minimum atomic E-state index is -1.90. The molecule has 0 aromatic heterocycles. The van der Waals surface area contributed by atoms with Gasteiger partial charge in [0.2, 0.25) is 0 Å². The van der Waals surface area contributed by atoms with Crippen molar-refractivity contribution in [3.05, 3.63) is 46.3 Å². The van der Waals surface area contributed by atoms with Crippen LogP contribution in [0.2, 0.25) is 18.1 Å². The Morgan fingerprint density at radius 2 is 1.92 bits per heavy atom. The second kappa shape index (κ2) is 7.27. The minimum Gasteiger partial charge on any atom is -0.412 e. The van der Waals surface area contributed by atoms with Crippen molar-refractivity contribution >= 4 is 8.32 Å². The fraction of sp³-hybridized carbons (Fsp3) is 0.667. The van der Waals surface area contributed by atoms with Gasteiger partial charge in [-0.05, 0) is 36.2 Å². The average Bonchev–Trinajstić information content (AvgIpc) is 2.76. The summed E-state index contributed by atoms with van der Waals surface area (Å²) in [6.07, 6.45) is -0.0273. The van der Waals surface area contributed by atoms with Gasteiger partial charge in [0.05, 0.1) is 12.1 Å². The number of likely N-dealkylation sites (tertiary alicyclic amines) is 1. The zero-order valence-corrected chi connectivity index (χ0v) is 16.7. The van der Waals surface area contributed by atoms with Crippen LogP contribution in [0, 0.1) is 0 Å². The van der Waals surface area contributed by atoms with Gasteiger partial charge in [-0.1, -0.05) is 56.2 Å². The third-order valence-electron chi connectivity index (χ3n) is 5.53. The number of rotatable bonds is 5. The summed E-state index contributed by atoms with van der Waals surface area (Å²) in [7, 11) is -1.90. The van der Waals surface area contributed by atoms with Gasteiger partial charge in [-0.3, -0.25) is 4.90 Å². The molecule has 0 spiro atoms. The number of nitrogens with zero attached hydrogens (tertiary/aromatic N) is 4. The van der Waals surface area contributed by atoms with E-state index in [0.29, 0.717) is 0 Å². The molecule has 0 bridgehead atoms. The van der Waals surface area contributed by atoms with Crippen LogP contribution in [0.1, 0.15) is 33.3 Å². The molecule has 0 radical (unpaired) electrons. The quantitative estimate of drug-likeness (QED) is 0.327. The van der Waals surface area contributed by atoms with E-state index >= 15 is 0 Å². The molecule has 1 aromatic rings. The number of benzene rings is 1. The number of hydrogen-bond donors (Lipinski definition) is 0. The van der Waals surface area contributed by atoms with Crippen LogP contribution in [0.4, 0.5) is 0 Å². The van der Waals surface area contributed by atoms with Crippen LogP contribution in [-0.4, -0.2) is 37.9 Å². The minimum absolute atomic E-state index is 0.0273. The van der Waals surface area contributed by atoms with Crippen LogP contribution in [-0.2, 0) is 11.0 Å². The lowest BCUT2D eigenvalue weighted by atomic mass is 10.1. The maximum atomic E-state index is 8.99. The predicted molar refractivity (Wildman–Crippen MR) is 101 cm³/mol. The molecule has 1 unspecified atom stereocenters. The first kappa shape index (κ1) is 19.0. The Hall–Kier alpha value is -1.33. The second-order valence-corrected chi connectivity index (χ2v) is 13.0. The molecule has 1 heterocycles. The first-order chi connectivity index (χ1) is 11.2. The van der Waals surface area contributed by atoms with Crippen LogP contribution in [0.5, 0.6) is 0 Å². The molecule has 1 saturated heterocycles. The van der Waals surface area contributed by atoms with Crippen molar-refractivity contribution in [2.24, 2.45) is 5.11 Å². The van der Waals surface area contributed by atoms with Crippen molar-refractivity contribution < 1.29 is 4.43 Å². The topological polar surface area (TPSA) is 61.2 Å². The number of hydrogen-bond acceptors (Lipinski definition) is 3. The molecule has 3 atom stereocenters. The lowest BCUT2D eigenvalue weighted by Crippen LogP contribution is -2.47. The summed E-state index contributed by atoms with van der Waals surface area (Å²) < 4.78 is 6.60. The van der Waals surface area contributed by atoms with E-state index in [1.54, 1.807) is 0 Å². The monoisotopic (exact) mass is 346 g/mol. The van der Waals surface area contributed by atoms with E-state index < -0.39 is 8.32 Å². The fourth-order valence-corrected chi connectivity index (χ4v) is 4.28. The maximum Gasteiger partial charge on any atom is 0.192 e. The van der Waals surface area contributed by atoms with Gasteiger partial charge in [0.25, 0.3) is 0 Å². The molecule has 132 valence electrons. The second-order valence-electron chi connectivity index (χ2n) is 8.27. The molecule has 0 aliphatic carbocycles. The lowest BCUT2D eigenvalue weighted by molar-refractivity contribution is 0.169. The average molecular weight is 347 g/mol. The van der Waals surface area contributed by atoms with Gasteiger partial charge in [0.1, 0.15) is 0 Å². The van der Waals surface area contributed by atoms with Gasteiger partial charge in [-0.2, -0.15) is 0 Å². The predicted octanol–water partition coefficient (Wildman–Crippen LogP) is 4.96. The summed E-state index contributed by atoms with van der Waals surface area (Å²) in [5, 5.41) is 4.22. The van der Waals surface area contributed by atoms with Gasteiger partial charge in [-0.15, -0.1) is 0 Å². The Bertz CT molecular complexity index is 593.